The molecule has 9 heteroatoms. The fraction of sp³-hybridized carbons (Fsp3) is 0.579. The predicted octanol–water partition coefficient (Wildman–Crippen LogP) is 1.05. The van der Waals surface area contributed by atoms with E-state index in [2.05, 4.69) is 0 Å². The monoisotopic (exact) mass is 411 g/mol. The Balaban J connectivity index is 1.44. The van der Waals surface area contributed by atoms with Gasteiger partial charge in [-0.25, -0.2) is 13.2 Å². The molecule has 8 nitrogen and oxygen atoms in total. The van der Waals surface area contributed by atoms with Crippen molar-refractivity contribution >= 4 is 21.7 Å². The molecule has 0 bridgehead atoms. The van der Waals surface area contributed by atoms with Gasteiger partial charge in [0.1, 0.15) is 12.4 Å². The fourth-order valence-corrected chi connectivity index (χ4v) is 5.02. The summed E-state index contributed by atoms with van der Waals surface area (Å²) in [5.41, 5.74) is 0.309. The molecule has 0 radical (unpaired) electrons. The number of hydrogen-bond donors (Lipinski definition) is 0. The van der Waals surface area contributed by atoms with Crippen LogP contribution in [0.2, 0.25) is 0 Å². The van der Waals surface area contributed by atoms with E-state index in [1.54, 1.807) is 24.3 Å². The molecule has 2 atom stereocenters. The van der Waals surface area contributed by atoms with Crippen LogP contribution in [-0.4, -0.2) is 75.7 Å². The van der Waals surface area contributed by atoms with Crippen molar-refractivity contribution in [2.24, 2.45) is 0 Å². The first-order chi connectivity index (χ1) is 13.3. The lowest BCUT2D eigenvalue weighted by atomic mass is 10.2. The maximum Gasteiger partial charge on any atom is 0.338 e. The van der Waals surface area contributed by atoms with Gasteiger partial charge < -0.3 is 19.1 Å². The van der Waals surface area contributed by atoms with Crippen molar-refractivity contribution in [3.8, 4) is 5.75 Å². The molecule has 2 aliphatic heterocycles. The summed E-state index contributed by atoms with van der Waals surface area (Å²) in [7, 11) is -1.55. The molecule has 3 rings (SSSR count). The highest BCUT2D eigenvalue weighted by atomic mass is 32.2. The Morgan fingerprint density at radius 3 is 2.57 bits per heavy atom. The summed E-state index contributed by atoms with van der Waals surface area (Å²) >= 11 is 0. The zero-order chi connectivity index (χ0) is 20.1. The zero-order valence-electron chi connectivity index (χ0n) is 15.8. The third kappa shape index (κ3) is 5.45. The van der Waals surface area contributed by atoms with E-state index in [9.17, 15) is 18.0 Å². The van der Waals surface area contributed by atoms with Gasteiger partial charge in [-0.3, -0.25) is 4.79 Å². The van der Waals surface area contributed by atoms with Crippen LogP contribution in [0.25, 0.3) is 0 Å². The quantitative estimate of drug-likeness (QED) is 0.618. The highest BCUT2D eigenvalue weighted by Crippen LogP contribution is 2.18. The van der Waals surface area contributed by atoms with Gasteiger partial charge >= 0.3 is 5.97 Å². The Hall–Kier alpha value is -2.13. The number of sulfone groups is 1. The van der Waals surface area contributed by atoms with Crippen LogP contribution in [0.15, 0.2) is 24.3 Å². The van der Waals surface area contributed by atoms with Crippen molar-refractivity contribution < 1.29 is 32.2 Å². The normalized spacial score (nSPS) is 23.3. The fourth-order valence-electron chi connectivity index (χ4n) is 3.25. The molecule has 1 amide bonds. The number of likely N-dealkylation sites (N-methyl/N-ethyl adjacent to an activating group) is 1. The Kier molecular flexibility index (Phi) is 6.56. The van der Waals surface area contributed by atoms with Crippen LogP contribution in [0, 0.1) is 0 Å². The molecule has 2 fully saturated rings. The highest BCUT2D eigenvalue weighted by molar-refractivity contribution is 7.91. The number of esters is 1. The molecule has 0 saturated carbocycles. The Morgan fingerprint density at radius 2 is 1.96 bits per heavy atom. The third-order valence-corrected chi connectivity index (χ3v) is 6.78. The number of benzene rings is 1. The minimum atomic E-state index is -3.08. The summed E-state index contributed by atoms with van der Waals surface area (Å²) < 4.78 is 39.2. The number of hydrogen-bond acceptors (Lipinski definition) is 7. The number of carbonyl (C=O) groups is 2. The van der Waals surface area contributed by atoms with Gasteiger partial charge in [0.05, 0.1) is 23.2 Å². The zero-order valence-corrected chi connectivity index (χ0v) is 16.7. The number of rotatable bonds is 7. The first kappa shape index (κ1) is 20.6. The van der Waals surface area contributed by atoms with Crippen LogP contribution in [0.1, 0.15) is 29.6 Å². The maximum absolute atomic E-state index is 12.2. The van der Waals surface area contributed by atoms with E-state index in [0.717, 1.165) is 19.4 Å². The molecule has 0 spiro atoms. The van der Waals surface area contributed by atoms with Crippen LogP contribution in [-0.2, 0) is 24.1 Å². The van der Waals surface area contributed by atoms with Gasteiger partial charge in [-0.2, -0.15) is 0 Å². The summed E-state index contributed by atoms with van der Waals surface area (Å²) in [4.78, 5) is 25.6. The number of amides is 1. The van der Waals surface area contributed by atoms with Crippen molar-refractivity contribution in [1.29, 1.82) is 0 Å². The van der Waals surface area contributed by atoms with Crippen LogP contribution in [0.4, 0.5) is 0 Å². The van der Waals surface area contributed by atoms with E-state index in [4.69, 9.17) is 14.2 Å². The van der Waals surface area contributed by atoms with Gasteiger partial charge in [0.15, 0.2) is 16.4 Å². The lowest BCUT2D eigenvalue weighted by Gasteiger charge is -2.23. The van der Waals surface area contributed by atoms with Crippen LogP contribution < -0.4 is 4.74 Å². The average molecular weight is 411 g/mol. The Labute approximate surface area is 164 Å². The lowest BCUT2D eigenvalue weighted by Crippen LogP contribution is -2.40. The molecular formula is C19H25NO7S. The second-order valence-corrected chi connectivity index (χ2v) is 9.34. The van der Waals surface area contributed by atoms with Gasteiger partial charge in [-0.05, 0) is 43.5 Å². The van der Waals surface area contributed by atoms with Crippen molar-refractivity contribution in [2.45, 2.75) is 31.4 Å². The smallest absolute Gasteiger partial charge is 0.338 e. The van der Waals surface area contributed by atoms with Crippen LogP contribution >= 0.6 is 0 Å². The minimum Gasteiger partial charge on any atom is -0.491 e. The molecule has 154 valence electrons. The first-order valence-electron chi connectivity index (χ1n) is 9.32. The predicted molar refractivity (Wildman–Crippen MR) is 101 cm³/mol. The molecule has 0 aliphatic carbocycles. The first-order valence-corrected chi connectivity index (χ1v) is 11.1. The third-order valence-electron chi connectivity index (χ3n) is 5.03. The van der Waals surface area contributed by atoms with E-state index in [0.29, 0.717) is 24.3 Å². The van der Waals surface area contributed by atoms with Gasteiger partial charge in [0.2, 0.25) is 0 Å². The van der Waals surface area contributed by atoms with Crippen molar-refractivity contribution in [2.75, 3.05) is 38.4 Å². The van der Waals surface area contributed by atoms with Crippen LogP contribution in [0.5, 0.6) is 5.75 Å². The summed E-state index contributed by atoms with van der Waals surface area (Å²) in [5, 5.41) is 0. The van der Waals surface area contributed by atoms with Crippen molar-refractivity contribution in [1.82, 2.24) is 4.90 Å². The molecule has 0 aromatic heterocycles. The highest BCUT2D eigenvalue weighted by Gasteiger charge is 2.33. The van der Waals surface area contributed by atoms with E-state index >= 15 is 0 Å². The molecular weight excluding hydrogens is 386 g/mol. The Bertz CT molecular complexity index is 800. The second-order valence-electron chi connectivity index (χ2n) is 7.11. The molecule has 1 aromatic carbocycles. The van der Waals surface area contributed by atoms with Crippen LogP contribution in [0.3, 0.4) is 0 Å². The van der Waals surface area contributed by atoms with E-state index < -0.39 is 28.3 Å². The molecule has 28 heavy (non-hydrogen) atoms. The standard InChI is InChI=1S/C19H25NO7S/c1-20(15-8-10-28(23,24)13-15)18(21)12-27-19(22)14-4-6-16(7-5-14)26-11-17-3-2-9-25-17/h4-7,15,17H,2-3,8-13H2,1H3/t15-,17-/m1/s1. The summed E-state index contributed by atoms with van der Waals surface area (Å²) in [6.07, 6.45) is 2.55. The van der Waals surface area contributed by atoms with Crippen molar-refractivity contribution in [3.63, 3.8) is 0 Å². The number of carbonyl (C=O) groups excluding carboxylic acids is 2. The molecule has 1 aromatic rings. The lowest BCUT2D eigenvalue weighted by molar-refractivity contribution is -0.134. The largest absolute Gasteiger partial charge is 0.491 e. The van der Waals surface area contributed by atoms with Gasteiger partial charge in [-0.1, -0.05) is 0 Å². The number of ether oxygens (including phenoxy) is 3. The molecule has 2 aliphatic rings. The minimum absolute atomic E-state index is 0.0451. The van der Waals surface area contributed by atoms with Gasteiger partial charge in [0.25, 0.3) is 5.91 Å². The summed E-state index contributed by atoms with van der Waals surface area (Å²) in [6, 6.07) is 6.12. The molecule has 2 heterocycles. The van der Waals surface area contributed by atoms with E-state index in [-0.39, 0.29) is 23.7 Å². The van der Waals surface area contributed by atoms with Gasteiger partial charge in [-0.15, -0.1) is 0 Å². The topological polar surface area (TPSA) is 99.2 Å². The molecule has 0 unspecified atom stereocenters. The summed E-state index contributed by atoms with van der Waals surface area (Å²) in [5.74, 6) is -0.379. The van der Waals surface area contributed by atoms with E-state index in [1.807, 2.05) is 0 Å². The average Bonchev–Trinajstić information content (AvgIpc) is 3.33. The summed E-state index contributed by atoms with van der Waals surface area (Å²) in [6.45, 7) is 0.813. The Morgan fingerprint density at radius 1 is 1.21 bits per heavy atom. The number of nitrogens with zero attached hydrogens (tertiary/aromatic N) is 1. The second kappa shape index (κ2) is 8.91. The van der Waals surface area contributed by atoms with Crippen molar-refractivity contribution in [3.05, 3.63) is 29.8 Å². The molecule has 0 N–H and O–H groups in total. The van der Waals surface area contributed by atoms with E-state index in [1.165, 1.54) is 11.9 Å². The molecule has 2 saturated heterocycles. The van der Waals surface area contributed by atoms with Gasteiger partial charge in [0, 0.05) is 19.7 Å². The maximum atomic E-state index is 12.2. The SMILES string of the molecule is CN(C(=O)COC(=O)c1ccc(OC[C@H]2CCCO2)cc1)[C@@H]1CCS(=O)(=O)C1.